The van der Waals surface area contributed by atoms with Crippen LogP contribution >= 0.6 is 27.7 Å². The van der Waals surface area contributed by atoms with Gasteiger partial charge in [0.05, 0.1) is 5.25 Å². The maximum absolute atomic E-state index is 11.8. The fourth-order valence-electron chi connectivity index (χ4n) is 1.39. The van der Waals surface area contributed by atoms with Crippen LogP contribution in [-0.4, -0.2) is 17.7 Å². The zero-order chi connectivity index (χ0) is 13.5. The summed E-state index contributed by atoms with van der Waals surface area (Å²) in [6.45, 7) is 4.74. The Morgan fingerprint density at radius 3 is 2.94 bits per heavy atom. The second-order valence-corrected chi connectivity index (χ2v) is 6.39. The summed E-state index contributed by atoms with van der Waals surface area (Å²) in [5.74, 6) is 0.0628. The highest BCUT2D eigenvalue weighted by atomic mass is 79.9. The molecule has 0 saturated heterocycles. The predicted octanol–water partition coefficient (Wildman–Crippen LogP) is 3.43. The average Bonchev–Trinajstić information content (AvgIpc) is 2.34. The van der Waals surface area contributed by atoms with Crippen LogP contribution in [0.1, 0.15) is 26.7 Å². The lowest BCUT2D eigenvalue weighted by atomic mass is 10.3. The van der Waals surface area contributed by atoms with Crippen molar-refractivity contribution >= 4 is 39.3 Å². The Kier molecular flexibility index (Phi) is 6.57. The quantitative estimate of drug-likeness (QED) is 0.477. The van der Waals surface area contributed by atoms with Gasteiger partial charge in [-0.15, -0.1) is 11.8 Å². The molecular weight excluding hydrogens is 312 g/mol. The Hall–Kier alpha value is -0.680. The Morgan fingerprint density at radius 1 is 1.56 bits per heavy atom. The van der Waals surface area contributed by atoms with E-state index < -0.39 is 0 Å². The number of thioether (sulfide) groups is 1. The van der Waals surface area contributed by atoms with E-state index in [-0.39, 0.29) is 11.2 Å². The van der Waals surface area contributed by atoms with Crippen molar-refractivity contribution in [3.05, 3.63) is 22.7 Å². The third-order valence-electron chi connectivity index (χ3n) is 2.48. The van der Waals surface area contributed by atoms with Crippen molar-refractivity contribution in [2.45, 2.75) is 36.8 Å². The Bertz CT molecular complexity index is 412. The van der Waals surface area contributed by atoms with E-state index in [1.165, 1.54) is 11.8 Å². The summed E-state index contributed by atoms with van der Waals surface area (Å²) in [4.78, 5) is 12.8. The van der Waals surface area contributed by atoms with E-state index in [2.05, 4.69) is 28.2 Å². The molecule has 0 radical (unpaired) electrons. The molecule has 0 aliphatic heterocycles. The van der Waals surface area contributed by atoms with Crippen LogP contribution in [-0.2, 0) is 4.79 Å². The van der Waals surface area contributed by atoms with Crippen molar-refractivity contribution in [2.75, 3.05) is 12.3 Å². The van der Waals surface area contributed by atoms with Crippen molar-refractivity contribution in [3.8, 4) is 0 Å². The first-order valence-electron chi connectivity index (χ1n) is 6.04. The number of hydrogen-bond acceptors (Lipinski definition) is 3. The van der Waals surface area contributed by atoms with E-state index in [0.29, 0.717) is 5.69 Å². The largest absolute Gasteiger partial charge is 0.398 e. The van der Waals surface area contributed by atoms with E-state index >= 15 is 0 Å². The molecule has 1 atom stereocenters. The molecule has 0 aliphatic rings. The standard InChI is InChI=1S/C13H19BrN2OS/c1-3-4-7-16-13(17)9(2)18-12-8-10(14)5-6-11(12)15/h5-6,8-9H,3-4,7,15H2,1-2H3,(H,16,17). The molecular formula is C13H19BrN2OS. The molecule has 3 N–H and O–H groups in total. The van der Waals surface area contributed by atoms with Gasteiger partial charge < -0.3 is 11.1 Å². The Morgan fingerprint density at radius 2 is 2.28 bits per heavy atom. The number of carbonyl (C=O) groups is 1. The molecule has 1 aromatic rings. The fourth-order valence-corrected chi connectivity index (χ4v) is 2.87. The van der Waals surface area contributed by atoms with Gasteiger partial charge in [0, 0.05) is 21.6 Å². The van der Waals surface area contributed by atoms with Gasteiger partial charge in [-0.05, 0) is 31.5 Å². The summed E-state index contributed by atoms with van der Waals surface area (Å²) in [5, 5.41) is 2.79. The fraction of sp³-hybridized carbons (Fsp3) is 0.462. The lowest BCUT2D eigenvalue weighted by molar-refractivity contribution is -0.120. The van der Waals surface area contributed by atoms with Gasteiger partial charge in [-0.25, -0.2) is 0 Å². The third kappa shape index (κ3) is 4.90. The molecule has 0 fully saturated rings. The normalized spacial score (nSPS) is 12.2. The van der Waals surface area contributed by atoms with E-state index in [1.54, 1.807) is 0 Å². The molecule has 5 heteroatoms. The number of anilines is 1. The number of nitrogens with two attached hydrogens (primary N) is 1. The predicted molar refractivity (Wildman–Crippen MR) is 81.8 cm³/mol. The molecule has 1 amide bonds. The monoisotopic (exact) mass is 330 g/mol. The number of nitrogen functional groups attached to an aromatic ring is 1. The van der Waals surface area contributed by atoms with Crippen LogP contribution in [0.25, 0.3) is 0 Å². The molecule has 3 nitrogen and oxygen atoms in total. The second-order valence-electron chi connectivity index (χ2n) is 4.09. The SMILES string of the molecule is CCCCNC(=O)C(C)Sc1cc(Br)ccc1N. The molecule has 0 aromatic heterocycles. The van der Waals surface area contributed by atoms with Crippen molar-refractivity contribution in [1.29, 1.82) is 0 Å². The summed E-state index contributed by atoms with van der Waals surface area (Å²) in [6.07, 6.45) is 2.10. The van der Waals surface area contributed by atoms with E-state index in [9.17, 15) is 4.79 Å². The number of unbranched alkanes of at least 4 members (excludes halogenated alkanes) is 1. The number of rotatable bonds is 6. The van der Waals surface area contributed by atoms with Crippen molar-refractivity contribution in [1.82, 2.24) is 5.32 Å². The molecule has 100 valence electrons. The van der Waals surface area contributed by atoms with Gasteiger partial charge in [0.1, 0.15) is 0 Å². The maximum Gasteiger partial charge on any atom is 0.233 e. The molecule has 0 bridgehead atoms. The van der Waals surface area contributed by atoms with Gasteiger partial charge in [0.25, 0.3) is 0 Å². The summed E-state index contributed by atoms with van der Waals surface area (Å²) >= 11 is 4.89. The molecule has 18 heavy (non-hydrogen) atoms. The minimum atomic E-state index is -0.140. The van der Waals surface area contributed by atoms with Gasteiger partial charge in [-0.3, -0.25) is 4.79 Å². The highest BCUT2D eigenvalue weighted by molar-refractivity contribution is 9.10. The van der Waals surface area contributed by atoms with Gasteiger partial charge in [0.15, 0.2) is 0 Å². The summed E-state index contributed by atoms with van der Waals surface area (Å²) in [7, 11) is 0. The second kappa shape index (κ2) is 7.69. The van der Waals surface area contributed by atoms with Gasteiger partial charge in [0.2, 0.25) is 5.91 Å². The Balaban J connectivity index is 2.55. The highest BCUT2D eigenvalue weighted by Gasteiger charge is 2.15. The average molecular weight is 331 g/mol. The van der Waals surface area contributed by atoms with Gasteiger partial charge in [-0.2, -0.15) is 0 Å². The van der Waals surface area contributed by atoms with Gasteiger partial charge >= 0.3 is 0 Å². The summed E-state index contributed by atoms with van der Waals surface area (Å²) < 4.78 is 0.970. The summed E-state index contributed by atoms with van der Waals surface area (Å²) in [5.41, 5.74) is 6.59. The van der Waals surface area contributed by atoms with Gasteiger partial charge in [-0.1, -0.05) is 29.3 Å². The smallest absolute Gasteiger partial charge is 0.233 e. The van der Waals surface area contributed by atoms with Crippen molar-refractivity contribution in [3.63, 3.8) is 0 Å². The van der Waals surface area contributed by atoms with Crippen LogP contribution in [0.15, 0.2) is 27.6 Å². The van der Waals surface area contributed by atoms with Crippen molar-refractivity contribution < 1.29 is 4.79 Å². The first kappa shape index (κ1) is 15.4. The first-order valence-corrected chi connectivity index (χ1v) is 7.71. The minimum absolute atomic E-state index is 0.0628. The van der Waals surface area contributed by atoms with Crippen LogP contribution in [0.2, 0.25) is 0 Å². The molecule has 1 unspecified atom stereocenters. The number of benzene rings is 1. The first-order chi connectivity index (χ1) is 8.54. The number of hydrogen-bond donors (Lipinski definition) is 2. The molecule has 0 heterocycles. The molecule has 0 spiro atoms. The zero-order valence-corrected chi connectivity index (χ0v) is 13.1. The maximum atomic E-state index is 11.8. The Labute approximate surface area is 121 Å². The number of halogens is 1. The van der Waals surface area contributed by atoms with Crippen LogP contribution in [0.4, 0.5) is 5.69 Å². The number of amides is 1. The van der Waals surface area contributed by atoms with Crippen LogP contribution in [0.3, 0.4) is 0 Å². The lowest BCUT2D eigenvalue weighted by Crippen LogP contribution is -2.31. The topological polar surface area (TPSA) is 55.1 Å². The van der Waals surface area contributed by atoms with E-state index in [0.717, 1.165) is 28.8 Å². The third-order valence-corrected chi connectivity index (χ3v) is 4.15. The zero-order valence-electron chi connectivity index (χ0n) is 10.7. The minimum Gasteiger partial charge on any atom is -0.398 e. The number of nitrogens with one attached hydrogen (secondary N) is 1. The van der Waals surface area contributed by atoms with Crippen LogP contribution < -0.4 is 11.1 Å². The van der Waals surface area contributed by atoms with Crippen molar-refractivity contribution in [2.24, 2.45) is 0 Å². The highest BCUT2D eigenvalue weighted by Crippen LogP contribution is 2.31. The van der Waals surface area contributed by atoms with Crippen LogP contribution in [0, 0.1) is 0 Å². The number of carbonyl (C=O) groups excluding carboxylic acids is 1. The molecule has 0 saturated carbocycles. The van der Waals surface area contributed by atoms with Crippen LogP contribution in [0.5, 0.6) is 0 Å². The van der Waals surface area contributed by atoms with E-state index in [1.807, 2.05) is 25.1 Å². The van der Waals surface area contributed by atoms with E-state index in [4.69, 9.17) is 5.73 Å². The molecule has 0 aliphatic carbocycles. The molecule has 1 aromatic carbocycles. The lowest BCUT2D eigenvalue weighted by Gasteiger charge is -2.13. The summed E-state index contributed by atoms with van der Waals surface area (Å²) in [6, 6.07) is 5.68. The molecule has 1 rings (SSSR count).